The van der Waals surface area contributed by atoms with Crippen molar-refractivity contribution < 1.29 is 9.85 Å². The fourth-order valence-electron chi connectivity index (χ4n) is 1.50. The minimum atomic E-state index is -0.475. The van der Waals surface area contributed by atoms with E-state index in [1.807, 2.05) is 0 Å². The molecule has 0 saturated carbocycles. The van der Waals surface area contributed by atoms with Crippen LogP contribution in [0.1, 0.15) is 4.88 Å². The smallest absolute Gasteiger partial charge is 0.324 e. The molecule has 1 heterocycles. The Kier molecular flexibility index (Phi) is 4.30. The molecule has 20 heavy (non-hydrogen) atoms. The molecule has 1 aromatic carbocycles. The van der Waals surface area contributed by atoms with Crippen molar-refractivity contribution in [3.63, 3.8) is 0 Å². The first-order valence-electron chi connectivity index (χ1n) is 5.38. The molecular formula is C11H8BrN3O4S. The highest BCUT2D eigenvalue weighted by molar-refractivity contribution is 9.10. The van der Waals surface area contributed by atoms with Crippen molar-refractivity contribution in [1.29, 1.82) is 0 Å². The van der Waals surface area contributed by atoms with Crippen LogP contribution in [-0.2, 0) is 6.54 Å². The SMILES string of the molecule is O=[N+]([O-])c1ccc(NCc2ccc([N+](=O)[O-])s2)c(Br)c1. The molecule has 0 unspecified atom stereocenters. The molecule has 0 amide bonds. The van der Waals surface area contributed by atoms with Gasteiger partial charge in [-0.15, -0.1) is 0 Å². The summed E-state index contributed by atoms with van der Waals surface area (Å²) in [5, 5.41) is 24.3. The summed E-state index contributed by atoms with van der Waals surface area (Å²) in [6.45, 7) is 0.412. The number of benzene rings is 1. The van der Waals surface area contributed by atoms with Gasteiger partial charge in [0, 0.05) is 39.8 Å². The zero-order valence-electron chi connectivity index (χ0n) is 9.91. The van der Waals surface area contributed by atoms with E-state index in [1.54, 1.807) is 12.1 Å². The zero-order chi connectivity index (χ0) is 14.7. The second-order valence-electron chi connectivity index (χ2n) is 3.77. The largest absolute Gasteiger partial charge is 0.379 e. The molecule has 0 radical (unpaired) electrons. The Bertz CT molecular complexity index is 673. The van der Waals surface area contributed by atoms with Crippen LogP contribution in [0, 0.1) is 20.2 Å². The summed E-state index contributed by atoms with van der Waals surface area (Å²) >= 11 is 4.33. The van der Waals surface area contributed by atoms with Gasteiger partial charge in [0.25, 0.3) is 5.69 Å². The van der Waals surface area contributed by atoms with E-state index in [4.69, 9.17) is 0 Å². The molecule has 0 atom stereocenters. The number of nitrogens with one attached hydrogen (secondary N) is 1. The van der Waals surface area contributed by atoms with E-state index in [-0.39, 0.29) is 10.7 Å². The Balaban J connectivity index is 2.06. The predicted octanol–water partition coefficient (Wildman–Crippen LogP) is 3.94. The predicted molar refractivity (Wildman–Crippen MR) is 79.1 cm³/mol. The van der Waals surface area contributed by atoms with Crippen LogP contribution in [-0.4, -0.2) is 9.85 Å². The maximum Gasteiger partial charge on any atom is 0.324 e. The molecule has 0 saturated heterocycles. The van der Waals surface area contributed by atoms with E-state index >= 15 is 0 Å². The van der Waals surface area contributed by atoms with Crippen LogP contribution in [0.3, 0.4) is 0 Å². The normalized spacial score (nSPS) is 10.2. The highest BCUT2D eigenvalue weighted by Gasteiger charge is 2.11. The number of hydrogen-bond donors (Lipinski definition) is 1. The van der Waals surface area contributed by atoms with Crippen molar-refractivity contribution in [3.05, 3.63) is 59.9 Å². The number of non-ortho nitro benzene ring substituents is 1. The molecule has 2 aromatic rings. The molecule has 7 nitrogen and oxygen atoms in total. The fourth-order valence-corrected chi connectivity index (χ4v) is 2.77. The van der Waals surface area contributed by atoms with Gasteiger partial charge < -0.3 is 5.32 Å². The Hall–Kier alpha value is -2.00. The number of rotatable bonds is 5. The summed E-state index contributed by atoms with van der Waals surface area (Å²) in [5.41, 5.74) is 0.681. The van der Waals surface area contributed by atoms with E-state index in [0.717, 1.165) is 16.2 Å². The van der Waals surface area contributed by atoms with Gasteiger partial charge in [-0.2, -0.15) is 0 Å². The van der Waals surface area contributed by atoms with Crippen molar-refractivity contribution >= 4 is 43.6 Å². The maximum atomic E-state index is 10.6. The lowest BCUT2D eigenvalue weighted by Gasteiger charge is -2.06. The highest BCUT2D eigenvalue weighted by atomic mass is 79.9. The monoisotopic (exact) mass is 357 g/mol. The quantitative estimate of drug-likeness (QED) is 0.645. The van der Waals surface area contributed by atoms with Crippen LogP contribution in [0.2, 0.25) is 0 Å². The number of anilines is 1. The van der Waals surface area contributed by atoms with Gasteiger partial charge >= 0.3 is 5.00 Å². The number of halogens is 1. The molecule has 0 bridgehead atoms. The molecule has 1 aromatic heterocycles. The molecule has 0 aliphatic carbocycles. The molecule has 1 N–H and O–H groups in total. The van der Waals surface area contributed by atoms with Gasteiger partial charge in [-0.25, -0.2) is 0 Å². The van der Waals surface area contributed by atoms with Gasteiger partial charge in [0.05, 0.1) is 9.85 Å². The van der Waals surface area contributed by atoms with Crippen LogP contribution >= 0.6 is 27.3 Å². The van der Waals surface area contributed by atoms with Gasteiger partial charge in [0.15, 0.2) is 0 Å². The summed E-state index contributed by atoms with van der Waals surface area (Å²) in [6, 6.07) is 7.51. The fraction of sp³-hybridized carbons (Fsp3) is 0.0909. The van der Waals surface area contributed by atoms with E-state index in [0.29, 0.717) is 16.7 Å². The average Bonchev–Trinajstić information content (AvgIpc) is 2.86. The third-order valence-corrected chi connectivity index (χ3v) is 4.14. The van der Waals surface area contributed by atoms with Gasteiger partial charge in [-0.05, 0) is 28.1 Å². The molecular weight excluding hydrogens is 350 g/mol. The van der Waals surface area contributed by atoms with E-state index in [2.05, 4.69) is 21.2 Å². The molecule has 9 heteroatoms. The Morgan fingerprint density at radius 2 is 1.90 bits per heavy atom. The number of nitro groups is 2. The van der Waals surface area contributed by atoms with Crippen molar-refractivity contribution in [1.82, 2.24) is 0 Å². The Labute approximate surface area is 125 Å². The number of hydrogen-bond acceptors (Lipinski definition) is 6. The minimum absolute atomic E-state index is 0.00538. The van der Waals surface area contributed by atoms with Gasteiger partial charge in [0.2, 0.25) is 0 Å². The Morgan fingerprint density at radius 1 is 1.15 bits per heavy atom. The summed E-state index contributed by atoms with van der Waals surface area (Å²) in [5.74, 6) is 0. The van der Waals surface area contributed by atoms with Crippen molar-refractivity contribution in [3.8, 4) is 0 Å². The molecule has 0 fully saturated rings. The van der Waals surface area contributed by atoms with Crippen LogP contribution < -0.4 is 5.32 Å². The Morgan fingerprint density at radius 3 is 2.45 bits per heavy atom. The lowest BCUT2D eigenvalue weighted by atomic mass is 10.3. The second-order valence-corrected chi connectivity index (χ2v) is 5.77. The molecule has 0 aliphatic heterocycles. The first kappa shape index (κ1) is 14.4. The van der Waals surface area contributed by atoms with Crippen LogP contribution in [0.4, 0.5) is 16.4 Å². The molecule has 2 rings (SSSR count). The summed E-state index contributed by atoms with van der Waals surface area (Å²) in [7, 11) is 0. The highest BCUT2D eigenvalue weighted by Crippen LogP contribution is 2.29. The standard InChI is InChI=1S/C11H8BrN3O4S/c12-9-5-7(14(16)17)1-3-10(9)13-6-8-2-4-11(20-8)15(18)19/h1-5,13H,6H2. The van der Waals surface area contributed by atoms with Gasteiger partial charge in [-0.1, -0.05) is 11.3 Å². The summed E-state index contributed by atoms with van der Waals surface area (Å²) < 4.78 is 0.567. The molecule has 0 aliphatic rings. The van der Waals surface area contributed by atoms with Crippen LogP contribution in [0.5, 0.6) is 0 Å². The third-order valence-electron chi connectivity index (χ3n) is 2.44. The summed E-state index contributed by atoms with van der Waals surface area (Å²) in [6.07, 6.45) is 0. The lowest BCUT2D eigenvalue weighted by molar-refractivity contribution is -0.384. The first-order chi connectivity index (χ1) is 9.47. The van der Waals surface area contributed by atoms with E-state index in [9.17, 15) is 20.2 Å². The number of nitrogens with zero attached hydrogens (tertiary/aromatic N) is 2. The first-order valence-corrected chi connectivity index (χ1v) is 6.99. The second kappa shape index (κ2) is 5.97. The lowest BCUT2D eigenvalue weighted by Crippen LogP contribution is -1.98. The number of nitro benzene ring substituents is 1. The van der Waals surface area contributed by atoms with E-state index < -0.39 is 9.85 Å². The zero-order valence-corrected chi connectivity index (χ0v) is 12.3. The molecule has 104 valence electrons. The van der Waals surface area contributed by atoms with Crippen LogP contribution in [0.15, 0.2) is 34.8 Å². The van der Waals surface area contributed by atoms with Gasteiger partial charge in [0.1, 0.15) is 0 Å². The number of thiophene rings is 1. The average molecular weight is 358 g/mol. The van der Waals surface area contributed by atoms with E-state index in [1.165, 1.54) is 18.2 Å². The summed E-state index contributed by atoms with van der Waals surface area (Å²) in [4.78, 5) is 21.1. The maximum absolute atomic E-state index is 10.6. The van der Waals surface area contributed by atoms with Crippen molar-refractivity contribution in [2.75, 3.05) is 5.32 Å². The topological polar surface area (TPSA) is 98.3 Å². The molecule has 0 spiro atoms. The van der Waals surface area contributed by atoms with Crippen molar-refractivity contribution in [2.45, 2.75) is 6.54 Å². The van der Waals surface area contributed by atoms with Gasteiger partial charge in [-0.3, -0.25) is 20.2 Å². The minimum Gasteiger partial charge on any atom is -0.379 e. The van der Waals surface area contributed by atoms with Crippen molar-refractivity contribution in [2.24, 2.45) is 0 Å². The van der Waals surface area contributed by atoms with Crippen LogP contribution in [0.25, 0.3) is 0 Å². The third kappa shape index (κ3) is 3.31.